The van der Waals surface area contributed by atoms with Crippen molar-refractivity contribution in [3.63, 3.8) is 0 Å². The molecule has 19 heavy (non-hydrogen) atoms. The summed E-state index contributed by atoms with van der Waals surface area (Å²) in [6.07, 6.45) is 5.08. The highest BCUT2D eigenvalue weighted by molar-refractivity contribution is 7.80. The van der Waals surface area contributed by atoms with Gasteiger partial charge in [0.1, 0.15) is 4.99 Å². The van der Waals surface area contributed by atoms with Gasteiger partial charge in [-0.15, -0.1) is 0 Å². The molecular weight excluding hydrogens is 258 g/mol. The smallest absolute Gasteiger partial charge is 0.103 e. The second-order valence-corrected chi connectivity index (χ2v) is 5.46. The first-order chi connectivity index (χ1) is 9.19. The van der Waals surface area contributed by atoms with Crippen molar-refractivity contribution in [3.8, 4) is 0 Å². The zero-order valence-electron chi connectivity index (χ0n) is 11.3. The van der Waals surface area contributed by atoms with E-state index in [1.807, 2.05) is 24.3 Å². The largest absolute Gasteiger partial charge is 0.389 e. The zero-order valence-corrected chi connectivity index (χ0v) is 12.1. The molecule has 0 spiro atoms. The van der Waals surface area contributed by atoms with Crippen LogP contribution in [0, 0.1) is 0 Å². The fourth-order valence-electron chi connectivity index (χ4n) is 2.50. The molecule has 1 aromatic rings. The van der Waals surface area contributed by atoms with E-state index in [0.29, 0.717) is 23.8 Å². The number of hydrogen-bond acceptors (Lipinski definition) is 3. The molecule has 2 rings (SSSR count). The fourth-order valence-corrected chi connectivity index (χ4v) is 2.62. The molecule has 104 valence electrons. The molecule has 3 nitrogen and oxygen atoms in total. The SMILES string of the molecule is COC1CCCC(OCc2cccc(C(N)=S)c2)C1. The lowest BCUT2D eigenvalue weighted by Gasteiger charge is -2.28. The van der Waals surface area contributed by atoms with Crippen LogP contribution in [0.5, 0.6) is 0 Å². The summed E-state index contributed by atoms with van der Waals surface area (Å²) in [5, 5.41) is 0. The van der Waals surface area contributed by atoms with Gasteiger partial charge in [-0.25, -0.2) is 0 Å². The van der Waals surface area contributed by atoms with Gasteiger partial charge in [0.15, 0.2) is 0 Å². The standard InChI is InChI=1S/C15H21NO2S/c1-17-13-6-3-7-14(9-13)18-10-11-4-2-5-12(8-11)15(16)19/h2,4-5,8,13-14H,3,6-7,9-10H2,1H3,(H2,16,19). The molecule has 1 saturated carbocycles. The molecule has 0 aromatic heterocycles. The third kappa shape index (κ3) is 4.27. The zero-order chi connectivity index (χ0) is 13.7. The predicted octanol–water partition coefficient (Wildman–Crippen LogP) is 2.80. The third-order valence-electron chi connectivity index (χ3n) is 3.61. The topological polar surface area (TPSA) is 44.5 Å². The molecule has 0 amide bonds. The first-order valence-corrected chi connectivity index (χ1v) is 7.13. The monoisotopic (exact) mass is 279 g/mol. The van der Waals surface area contributed by atoms with Crippen molar-refractivity contribution in [2.75, 3.05) is 7.11 Å². The van der Waals surface area contributed by atoms with E-state index in [-0.39, 0.29) is 0 Å². The van der Waals surface area contributed by atoms with Crippen LogP contribution in [0.3, 0.4) is 0 Å². The van der Waals surface area contributed by atoms with Gasteiger partial charge in [0, 0.05) is 12.7 Å². The molecule has 1 fully saturated rings. The summed E-state index contributed by atoms with van der Waals surface area (Å²) < 4.78 is 11.4. The summed E-state index contributed by atoms with van der Waals surface area (Å²) in [6.45, 7) is 0.609. The molecule has 0 aliphatic heterocycles. The van der Waals surface area contributed by atoms with E-state index in [2.05, 4.69) is 0 Å². The Morgan fingerprint density at radius 2 is 2.16 bits per heavy atom. The van der Waals surface area contributed by atoms with E-state index >= 15 is 0 Å². The molecular formula is C15H21NO2S. The van der Waals surface area contributed by atoms with E-state index in [4.69, 9.17) is 27.4 Å². The molecule has 2 unspecified atom stereocenters. The minimum absolute atomic E-state index is 0.298. The van der Waals surface area contributed by atoms with Gasteiger partial charge >= 0.3 is 0 Å². The lowest BCUT2D eigenvalue weighted by molar-refractivity contribution is -0.0363. The summed E-state index contributed by atoms with van der Waals surface area (Å²) in [7, 11) is 1.78. The number of methoxy groups -OCH3 is 1. The molecule has 0 radical (unpaired) electrons. The fraction of sp³-hybridized carbons (Fsp3) is 0.533. The minimum Gasteiger partial charge on any atom is -0.389 e. The van der Waals surface area contributed by atoms with E-state index < -0.39 is 0 Å². The number of nitrogens with two attached hydrogens (primary N) is 1. The van der Waals surface area contributed by atoms with Crippen molar-refractivity contribution < 1.29 is 9.47 Å². The van der Waals surface area contributed by atoms with Gasteiger partial charge < -0.3 is 15.2 Å². The Bertz CT molecular complexity index is 436. The molecule has 1 aliphatic rings. The van der Waals surface area contributed by atoms with Gasteiger partial charge in [0.25, 0.3) is 0 Å². The predicted molar refractivity (Wildman–Crippen MR) is 80.2 cm³/mol. The normalized spacial score (nSPS) is 23.2. The van der Waals surface area contributed by atoms with Gasteiger partial charge in [0.05, 0.1) is 18.8 Å². The Hall–Kier alpha value is -0.970. The van der Waals surface area contributed by atoms with Crippen LogP contribution in [0.15, 0.2) is 24.3 Å². The summed E-state index contributed by atoms with van der Waals surface area (Å²) >= 11 is 4.98. The third-order valence-corrected chi connectivity index (χ3v) is 3.84. The van der Waals surface area contributed by atoms with Crippen molar-refractivity contribution in [3.05, 3.63) is 35.4 Å². The maximum Gasteiger partial charge on any atom is 0.103 e. The van der Waals surface area contributed by atoms with Crippen LogP contribution in [0.25, 0.3) is 0 Å². The molecule has 0 saturated heterocycles. The summed E-state index contributed by atoms with van der Waals surface area (Å²) in [6, 6.07) is 7.93. The van der Waals surface area contributed by atoms with Crippen molar-refractivity contribution in [2.45, 2.75) is 44.5 Å². The van der Waals surface area contributed by atoms with Crippen LogP contribution in [-0.4, -0.2) is 24.3 Å². The van der Waals surface area contributed by atoms with E-state index in [9.17, 15) is 0 Å². The summed E-state index contributed by atoms with van der Waals surface area (Å²) in [4.78, 5) is 0.430. The van der Waals surface area contributed by atoms with E-state index in [0.717, 1.165) is 30.4 Å². The van der Waals surface area contributed by atoms with E-state index in [1.165, 1.54) is 6.42 Å². The first kappa shape index (κ1) is 14.4. The average Bonchev–Trinajstić information content (AvgIpc) is 2.45. The van der Waals surface area contributed by atoms with E-state index in [1.54, 1.807) is 7.11 Å². The number of thiocarbonyl (C=S) groups is 1. The van der Waals surface area contributed by atoms with Crippen molar-refractivity contribution >= 4 is 17.2 Å². The van der Waals surface area contributed by atoms with Gasteiger partial charge in [-0.1, -0.05) is 30.4 Å². The Morgan fingerprint density at radius 3 is 2.89 bits per heavy atom. The Balaban J connectivity index is 1.88. The minimum atomic E-state index is 0.298. The Kier molecular flexibility index (Phi) is 5.31. The molecule has 1 aromatic carbocycles. The second-order valence-electron chi connectivity index (χ2n) is 5.02. The highest BCUT2D eigenvalue weighted by Gasteiger charge is 2.22. The Morgan fingerprint density at radius 1 is 1.37 bits per heavy atom. The summed E-state index contributed by atoms with van der Waals surface area (Å²) in [5.74, 6) is 0. The second kappa shape index (κ2) is 6.98. The van der Waals surface area contributed by atoms with Gasteiger partial charge in [-0.3, -0.25) is 0 Å². The van der Waals surface area contributed by atoms with Crippen molar-refractivity contribution in [1.29, 1.82) is 0 Å². The van der Waals surface area contributed by atoms with Gasteiger partial charge in [0.2, 0.25) is 0 Å². The maximum absolute atomic E-state index is 5.97. The summed E-state index contributed by atoms with van der Waals surface area (Å²) in [5.41, 5.74) is 7.65. The lowest BCUT2D eigenvalue weighted by atomic mass is 9.95. The highest BCUT2D eigenvalue weighted by atomic mass is 32.1. The quantitative estimate of drug-likeness (QED) is 0.842. The number of rotatable bonds is 5. The lowest BCUT2D eigenvalue weighted by Crippen LogP contribution is -2.27. The van der Waals surface area contributed by atoms with Gasteiger partial charge in [-0.05, 0) is 37.3 Å². The van der Waals surface area contributed by atoms with Crippen LogP contribution < -0.4 is 5.73 Å². The number of benzene rings is 1. The molecule has 2 atom stereocenters. The van der Waals surface area contributed by atoms with Crippen LogP contribution in [0.2, 0.25) is 0 Å². The highest BCUT2D eigenvalue weighted by Crippen LogP contribution is 2.24. The average molecular weight is 279 g/mol. The molecule has 0 bridgehead atoms. The van der Waals surface area contributed by atoms with Crippen LogP contribution in [0.4, 0.5) is 0 Å². The van der Waals surface area contributed by atoms with Crippen molar-refractivity contribution in [1.82, 2.24) is 0 Å². The molecule has 1 aliphatic carbocycles. The van der Waals surface area contributed by atoms with Crippen LogP contribution in [0.1, 0.15) is 36.8 Å². The first-order valence-electron chi connectivity index (χ1n) is 6.72. The molecule has 4 heteroatoms. The Labute approximate surface area is 120 Å². The van der Waals surface area contributed by atoms with Crippen LogP contribution >= 0.6 is 12.2 Å². The van der Waals surface area contributed by atoms with Crippen LogP contribution in [-0.2, 0) is 16.1 Å². The number of ether oxygens (including phenoxy) is 2. The number of hydrogen-bond donors (Lipinski definition) is 1. The molecule has 0 heterocycles. The van der Waals surface area contributed by atoms with Crippen molar-refractivity contribution in [2.24, 2.45) is 5.73 Å². The maximum atomic E-state index is 5.97. The van der Waals surface area contributed by atoms with Gasteiger partial charge in [-0.2, -0.15) is 0 Å². The molecule has 2 N–H and O–H groups in total.